The molecule has 4 N–H and O–H groups in total. The van der Waals surface area contributed by atoms with Crippen LogP contribution in [0, 0.1) is 5.82 Å². The van der Waals surface area contributed by atoms with Crippen LogP contribution in [0.25, 0.3) is 0 Å². The zero-order valence-corrected chi connectivity index (χ0v) is 28.8. The number of phenolic OH excluding ortho intramolecular Hbond substituents is 1. The minimum absolute atomic E-state index is 0.0528. The number of benzene rings is 4. The number of rotatable bonds is 9. The molecule has 52 heavy (non-hydrogen) atoms. The summed E-state index contributed by atoms with van der Waals surface area (Å²) in [6.07, 6.45) is -0.149. The third-order valence-corrected chi connectivity index (χ3v) is 8.26. The number of halogens is 1. The molecule has 0 aromatic heterocycles. The van der Waals surface area contributed by atoms with Crippen LogP contribution >= 0.6 is 0 Å². The summed E-state index contributed by atoms with van der Waals surface area (Å²) in [5.41, 5.74) is 0.887. The number of nitrogens with one attached hydrogen (secondary N) is 3. The van der Waals surface area contributed by atoms with Gasteiger partial charge in [0.05, 0.1) is 18.2 Å². The second-order valence-corrected chi connectivity index (χ2v) is 12.4. The van der Waals surface area contributed by atoms with E-state index in [1.807, 2.05) is 0 Å². The number of phenols is 1. The molecule has 1 heterocycles. The summed E-state index contributed by atoms with van der Waals surface area (Å²) in [5, 5.41) is 18.0. The monoisotopic (exact) mass is 712 g/mol. The van der Waals surface area contributed by atoms with Crippen molar-refractivity contribution in [3.05, 3.63) is 114 Å². The smallest absolute Gasteiger partial charge is 0.255 e. The van der Waals surface area contributed by atoms with E-state index in [1.54, 1.807) is 86.8 Å². The number of ether oxygens (including phenoxy) is 3. The van der Waals surface area contributed by atoms with Gasteiger partial charge in [-0.05, 0) is 67.4 Å². The molecule has 1 aliphatic heterocycles. The minimum Gasteiger partial charge on any atom is -0.508 e. The maximum absolute atomic E-state index is 14.7. The largest absolute Gasteiger partial charge is 0.508 e. The van der Waals surface area contributed by atoms with Gasteiger partial charge in [-0.3, -0.25) is 19.2 Å². The highest BCUT2D eigenvalue weighted by Crippen LogP contribution is 2.34. The molecule has 0 unspecified atom stereocenters. The lowest BCUT2D eigenvalue weighted by Gasteiger charge is -2.25. The van der Waals surface area contributed by atoms with Crippen LogP contribution in [0.15, 0.2) is 97.1 Å². The Labute approximate surface area is 300 Å². The SMILES string of the molecule is C[C@H](COc1cccc(F)c1Oc1ccccc1)NC(=O)[C@@H]1CCC(=O)N[C@@H](Cc2ccc(O)cc2)C(=O)N(C)CCOc2ccccc2C(=O)N1. The van der Waals surface area contributed by atoms with E-state index in [2.05, 4.69) is 16.0 Å². The molecule has 4 aromatic rings. The molecule has 0 bridgehead atoms. The fraction of sp³-hybridized carbons (Fsp3) is 0.282. The first-order valence-electron chi connectivity index (χ1n) is 16.9. The maximum atomic E-state index is 14.7. The number of para-hydroxylation sites is 3. The normalized spacial score (nSPS) is 17.6. The molecule has 0 fully saturated rings. The van der Waals surface area contributed by atoms with Crippen LogP contribution in [0.4, 0.5) is 4.39 Å². The van der Waals surface area contributed by atoms with E-state index in [-0.39, 0.29) is 73.5 Å². The zero-order valence-electron chi connectivity index (χ0n) is 28.8. The van der Waals surface area contributed by atoms with Gasteiger partial charge < -0.3 is 40.2 Å². The molecule has 4 aromatic carbocycles. The molecule has 0 aliphatic carbocycles. The highest BCUT2D eigenvalue weighted by Gasteiger charge is 2.29. The van der Waals surface area contributed by atoms with Gasteiger partial charge in [-0.1, -0.05) is 48.5 Å². The quantitative estimate of drug-likeness (QED) is 0.200. The average molecular weight is 713 g/mol. The number of fused-ring (bicyclic) bond motifs is 1. The molecule has 0 radical (unpaired) electrons. The Morgan fingerprint density at radius 1 is 0.981 bits per heavy atom. The highest BCUT2D eigenvalue weighted by molar-refractivity contribution is 6.00. The summed E-state index contributed by atoms with van der Waals surface area (Å²) in [6.45, 7) is 1.82. The molecule has 13 heteroatoms. The number of likely N-dealkylation sites (N-methyl/N-ethyl adjacent to an activating group) is 1. The third-order valence-electron chi connectivity index (χ3n) is 8.26. The summed E-state index contributed by atoms with van der Waals surface area (Å²) in [6, 6.07) is 23.0. The van der Waals surface area contributed by atoms with Gasteiger partial charge in [0.1, 0.15) is 42.5 Å². The van der Waals surface area contributed by atoms with Gasteiger partial charge in [0, 0.05) is 19.9 Å². The van der Waals surface area contributed by atoms with E-state index in [9.17, 15) is 28.7 Å². The Morgan fingerprint density at radius 3 is 2.48 bits per heavy atom. The molecule has 272 valence electrons. The van der Waals surface area contributed by atoms with Crippen molar-refractivity contribution in [2.24, 2.45) is 0 Å². The molecule has 3 atom stereocenters. The van der Waals surface area contributed by atoms with Crippen molar-refractivity contribution in [2.45, 2.75) is 44.3 Å². The van der Waals surface area contributed by atoms with Gasteiger partial charge in [-0.25, -0.2) is 4.39 Å². The van der Waals surface area contributed by atoms with Crippen LogP contribution in [0.5, 0.6) is 28.7 Å². The Bertz CT molecular complexity index is 1860. The van der Waals surface area contributed by atoms with Crippen molar-refractivity contribution < 1.29 is 42.9 Å². The van der Waals surface area contributed by atoms with Crippen LogP contribution in [-0.4, -0.2) is 78.6 Å². The molecular formula is C39H41FN4O8. The van der Waals surface area contributed by atoms with Crippen LogP contribution in [0.3, 0.4) is 0 Å². The maximum Gasteiger partial charge on any atom is 0.255 e. The topological polar surface area (TPSA) is 156 Å². The Balaban J connectivity index is 1.31. The number of aromatic hydroxyl groups is 1. The van der Waals surface area contributed by atoms with Crippen LogP contribution in [0.2, 0.25) is 0 Å². The van der Waals surface area contributed by atoms with Crippen LogP contribution < -0.4 is 30.2 Å². The minimum atomic E-state index is -1.17. The fourth-order valence-electron chi connectivity index (χ4n) is 5.47. The van der Waals surface area contributed by atoms with Crippen molar-refractivity contribution in [3.8, 4) is 28.7 Å². The first kappa shape index (κ1) is 37.2. The van der Waals surface area contributed by atoms with Crippen molar-refractivity contribution >= 4 is 23.6 Å². The Morgan fingerprint density at radius 2 is 1.71 bits per heavy atom. The molecular weight excluding hydrogens is 671 g/mol. The van der Waals surface area contributed by atoms with Crippen molar-refractivity contribution in [1.82, 2.24) is 20.9 Å². The average Bonchev–Trinajstić information content (AvgIpc) is 3.14. The predicted molar refractivity (Wildman–Crippen MR) is 190 cm³/mol. The standard InChI is InChI=1S/C39H41FN4O8/c1-25(24-51-34-14-8-12-30(40)36(34)52-28-9-4-3-5-10-28)41-38(48)31-19-20-35(46)42-32(23-26-15-17-27(45)18-16-26)39(49)44(2)21-22-50-33-13-7-6-11-29(33)37(47)43-31/h3-18,25,31-32,45H,19-24H2,1-2H3,(H,41,48)(H,42,46)(H,43,47)/t25-,31+,32+/m1/s1. The lowest BCUT2D eigenvalue weighted by Crippen LogP contribution is -2.51. The summed E-state index contributed by atoms with van der Waals surface area (Å²) in [4.78, 5) is 55.4. The Hall–Kier alpha value is -6.11. The molecule has 4 amide bonds. The number of carbonyl (C=O) groups is 4. The Kier molecular flexibility index (Phi) is 12.6. The second kappa shape index (κ2) is 17.7. The van der Waals surface area contributed by atoms with Crippen molar-refractivity contribution in [1.29, 1.82) is 0 Å². The van der Waals surface area contributed by atoms with E-state index in [0.717, 1.165) is 0 Å². The van der Waals surface area contributed by atoms with E-state index < -0.39 is 41.7 Å². The summed E-state index contributed by atoms with van der Waals surface area (Å²) in [5.74, 6) is -1.91. The summed E-state index contributed by atoms with van der Waals surface area (Å²) in [7, 11) is 1.59. The van der Waals surface area contributed by atoms with E-state index >= 15 is 0 Å². The van der Waals surface area contributed by atoms with Gasteiger partial charge in [0.2, 0.25) is 23.5 Å². The lowest BCUT2D eigenvalue weighted by atomic mass is 10.0. The third kappa shape index (κ3) is 10.2. The zero-order chi connectivity index (χ0) is 37.0. The van der Waals surface area contributed by atoms with Crippen LogP contribution in [0.1, 0.15) is 35.7 Å². The summed E-state index contributed by atoms with van der Waals surface area (Å²) >= 11 is 0. The van der Waals surface area contributed by atoms with Crippen molar-refractivity contribution in [2.75, 3.05) is 26.8 Å². The number of hydrogen-bond acceptors (Lipinski definition) is 8. The van der Waals surface area contributed by atoms with E-state index in [4.69, 9.17) is 14.2 Å². The molecule has 12 nitrogen and oxygen atoms in total. The van der Waals surface area contributed by atoms with Gasteiger partial charge in [-0.15, -0.1) is 0 Å². The van der Waals surface area contributed by atoms with Gasteiger partial charge in [0.25, 0.3) is 5.91 Å². The number of amides is 4. The predicted octanol–water partition coefficient (Wildman–Crippen LogP) is 4.36. The van der Waals surface area contributed by atoms with E-state index in [0.29, 0.717) is 11.3 Å². The molecule has 1 aliphatic rings. The number of nitrogens with zero attached hydrogens (tertiary/aromatic N) is 1. The van der Waals surface area contributed by atoms with E-state index in [1.165, 1.54) is 29.2 Å². The molecule has 0 spiro atoms. The van der Waals surface area contributed by atoms with Gasteiger partial charge >= 0.3 is 0 Å². The second-order valence-electron chi connectivity index (χ2n) is 12.4. The lowest BCUT2D eigenvalue weighted by molar-refractivity contribution is -0.135. The first-order valence-corrected chi connectivity index (χ1v) is 16.9. The van der Waals surface area contributed by atoms with Crippen molar-refractivity contribution in [3.63, 3.8) is 0 Å². The van der Waals surface area contributed by atoms with Crippen LogP contribution in [-0.2, 0) is 20.8 Å². The molecule has 5 rings (SSSR count). The fourth-order valence-corrected chi connectivity index (χ4v) is 5.47. The number of hydrogen-bond donors (Lipinski definition) is 4. The number of carbonyl (C=O) groups excluding carboxylic acids is 4. The highest BCUT2D eigenvalue weighted by atomic mass is 19.1. The van der Waals surface area contributed by atoms with Gasteiger partial charge in [0.15, 0.2) is 11.6 Å². The molecule has 0 saturated heterocycles. The van der Waals surface area contributed by atoms with Gasteiger partial charge in [-0.2, -0.15) is 0 Å². The first-order chi connectivity index (χ1) is 25.1. The molecule has 0 saturated carbocycles. The summed E-state index contributed by atoms with van der Waals surface area (Å²) < 4.78 is 32.2.